The molecule has 4 aliphatic rings. The molecule has 1 aliphatic heterocycles. The quantitative estimate of drug-likeness (QED) is 0.554. The molecule has 0 aromatic rings. The molecule has 0 aromatic carbocycles. The van der Waals surface area contributed by atoms with Crippen LogP contribution in [0, 0.1) is 52.3 Å². The number of hydrogen-bond acceptors (Lipinski definition) is 1. The van der Waals surface area contributed by atoms with Gasteiger partial charge in [-0.05, 0) is 85.0 Å². The molecule has 29 heavy (non-hydrogen) atoms. The van der Waals surface area contributed by atoms with Crippen LogP contribution < -0.4 is 5.32 Å². The summed E-state index contributed by atoms with van der Waals surface area (Å²) in [5.74, 6) is 5.93. The van der Waals surface area contributed by atoms with Crippen molar-refractivity contribution in [3.63, 3.8) is 0 Å². The Kier molecular flexibility index (Phi) is 5.71. The Morgan fingerprint density at radius 2 is 1.86 bits per heavy atom. The largest absolute Gasteiger partial charge is 0.349 e. The standard InChI is InChI=1S/C27H45NO/c1-17(2)8-7-9-18(3)20-10-11-21-25-19(4)16-23-27(6,15-13-24(29)28-23)22(25)12-14-26(20,21)5/h13,15,17-23,25H,7-12,14,16H2,1-6H3,(H,28,29)/t18?,19-,20?,21?,22?,23?,25?,26?,27+/m0/s1. The van der Waals surface area contributed by atoms with Crippen molar-refractivity contribution < 1.29 is 4.79 Å². The van der Waals surface area contributed by atoms with E-state index < -0.39 is 0 Å². The molecule has 1 heterocycles. The Morgan fingerprint density at radius 1 is 1.10 bits per heavy atom. The summed E-state index contributed by atoms with van der Waals surface area (Å²) < 4.78 is 0. The molecule has 0 saturated heterocycles. The second-order valence-corrected chi connectivity index (χ2v) is 12.3. The van der Waals surface area contributed by atoms with Crippen molar-refractivity contribution >= 4 is 5.91 Å². The first-order valence-electron chi connectivity index (χ1n) is 12.7. The first-order valence-corrected chi connectivity index (χ1v) is 12.7. The number of carbonyl (C=O) groups excluding carboxylic acids is 1. The van der Waals surface area contributed by atoms with Crippen LogP contribution in [0.3, 0.4) is 0 Å². The molecule has 2 heteroatoms. The van der Waals surface area contributed by atoms with Gasteiger partial charge < -0.3 is 5.32 Å². The van der Waals surface area contributed by atoms with Gasteiger partial charge in [-0.2, -0.15) is 0 Å². The fraction of sp³-hybridized carbons (Fsp3) is 0.889. The second-order valence-electron chi connectivity index (χ2n) is 12.3. The summed E-state index contributed by atoms with van der Waals surface area (Å²) in [6, 6.07) is 0.341. The van der Waals surface area contributed by atoms with Crippen LogP contribution in [0.5, 0.6) is 0 Å². The zero-order valence-corrected chi connectivity index (χ0v) is 19.8. The minimum Gasteiger partial charge on any atom is -0.349 e. The van der Waals surface area contributed by atoms with Gasteiger partial charge in [-0.1, -0.05) is 66.9 Å². The van der Waals surface area contributed by atoms with Crippen LogP contribution in [-0.4, -0.2) is 11.9 Å². The maximum Gasteiger partial charge on any atom is 0.243 e. The molecule has 4 rings (SSSR count). The van der Waals surface area contributed by atoms with Crippen LogP contribution in [0.25, 0.3) is 0 Å². The zero-order valence-electron chi connectivity index (χ0n) is 19.8. The minimum atomic E-state index is 0.120. The van der Waals surface area contributed by atoms with Crippen LogP contribution >= 0.6 is 0 Å². The molecule has 3 saturated carbocycles. The molecular weight excluding hydrogens is 354 g/mol. The van der Waals surface area contributed by atoms with Gasteiger partial charge in [-0.15, -0.1) is 0 Å². The van der Waals surface area contributed by atoms with Gasteiger partial charge in [-0.25, -0.2) is 0 Å². The summed E-state index contributed by atoms with van der Waals surface area (Å²) >= 11 is 0. The Balaban J connectivity index is 1.53. The van der Waals surface area contributed by atoms with Gasteiger partial charge in [0.15, 0.2) is 0 Å². The molecule has 3 aliphatic carbocycles. The van der Waals surface area contributed by atoms with Crippen LogP contribution in [0.2, 0.25) is 0 Å². The van der Waals surface area contributed by atoms with Gasteiger partial charge in [0, 0.05) is 11.5 Å². The average Bonchev–Trinajstić information content (AvgIpc) is 3.00. The smallest absolute Gasteiger partial charge is 0.243 e. The number of carbonyl (C=O) groups is 1. The highest BCUT2D eigenvalue weighted by molar-refractivity contribution is 5.89. The molecule has 1 amide bonds. The van der Waals surface area contributed by atoms with E-state index in [9.17, 15) is 4.79 Å². The van der Waals surface area contributed by atoms with Crippen molar-refractivity contribution in [1.29, 1.82) is 0 Å². The molecule has 3 fully saturated rings. The number of nitrogens with one attached hydrogen (secondary N) is 1. The first kappa shape index (κ1) is 21.4. The zero-order chi connectivity index (χ0) is 21.0. The lowest BCUT2D eigenvalue weighted by atomic mass is 9.45. The summed E-state index contributed by atoms with van der Waals surface area (Å²) in [4.78, 5) is 12.0. The summed E-state index contributed by atoms with van der Waals surface area (Å²) in [5.41, 5.74) is 0.699. The summed E-state index contributed by atoms with van der Waals surface area (Å²) in [7, 11) is 0. The van der Waals surface area contributed by atoms with E-state index in [-0.39, 0.29) is 11.3 Å². The third-order valence-electron chi connectivity index (χ3n) is 10.3. The highest BCUT2D eigenvalue weighted by Gasteiger charge is 2.61. The van der Waals surface area contributed by atoms with Gasteiger partial charge in [-0.3, -0.25) is 4.79 Å². The number of rotatable bonds is 5. The topological polar surface area (TPSA) is 29.1 Å². The molecular formula is C27H45NO. The third kappa shape index (κ3) is 3.51. The van der Waals surface area contributed by atoms with Gasteiger partial charge in [0.2, 0.25) is 5.91 Å². The monoisotopic (exact) mass is 399 g/mol. The van der Waals surface area contributed by atoms with Crippen molar-refractivity contribution in [2.75, 3.05) is 0 Å². The van der Waals surface area contributed by atoms with E-state index in [1.807, 2.05) is 6.08 Å². The van der Waals surface area contributed by atoms with E-state index in [4.69, 9.17) is 0 Å². The third-order valence-corrected chi connectivity index (χ3v) is 10.3. The van der Waals surface area contributed by atoms with E-state index in [2.05, 4.69) is 52.9 Å². The number of hydrogen-bond donors (Lipinski definition) is 1. The maximum absolute atomic E-state index is 12.0. The highest BCUT2D eigenvalue weighted by atomic mass is 16.1. The first-order chi connectivity index (χ1) is 13.7. The Bertz CT molecular complexity index is 653. The van der Waals surface area contributed by atoms with Crippen LogP contribution in [0.15, 0.2) is 12.2 Å². The van der Waals surface area contributed by atoms with E-state index in [1.54, 1.807) is 0 Å². The Morgan fingerprint density at radius 3 is 2.59 bits per heavy atom. The molecule has 9 atom stereocenters. The molecule has 0 radical (unpaired) electrons. The molecule has 0 aromatic heterocycles. The predicted molar refractivity (Wildman–Crippen MR) is 121 cm³/mol. The van der Waals surface area contributed by atoms with E-state index in [0.29, 0.717) is 11.5 Å². The van der Waals surface area contributed by atoms with Gasteiger partial charge in [0.05, 0.1) is 0 Å². The van der Waals surface area contributed by atoms with Crippen molar-refractivity contribution in [3.05, 3.63) is 12.2 Å². The lowest BCUT2D eigenvalue weighted by molar-refractivity contribution is -0.126. The molecule has 164 valence electrons. The predicted octanol–water partition coefficient (Wildman–Crippen LogP) is 6.61. The van der Waals surface area contributed by atoms with E-state index in [1.165, 1.54) is 44.9 Å². The van der Waals surface area contributed by atoms with Gasteiger partial charge in [0.1, 0.15) is 0 Å². The maximum atomic E-state index is 12.0. The molecule has 0 spiro atoms. The summed E-state index contributed by atoms with van der Waals surface area (Å²) in [5, 5.41) is 3.32. The van der Waals surface area contributed by atoms with Crippen LogP contribution in [-0.2, 0) is 4.79 Å². The van der Waals surface area contributed by atoms with Gasteiger partial charge in [0.25, 0.3) is 0 Å². The fourth-order valence-corrected chi connectivity index (χ4v) is 8.71. The Hall–Kier alpha value is -0.790. The van der Waals surface area contributed by atoms with Crippen molar-refractivity contribution in [1.82, 2.24) is 5.32 Å². The van der Waals surface area contributed by atoms with E-state index in [0.717, 1.165) is 47.8 Å². The lowest BCUT2D eigenvalue weighted by Gasteiger charge is -2.61. The normalized spacial score (nSPS) is 47.3. The summed E-state index contributed by atoms with van der Waals surface area (Å²) in [6.45, 7) is 14.9. The van der Waals surface area contributed by atoms with Crippen molar-refractivity contribution in [3.8, 4) is 0 Å². The van der Waals surface area contributed by atoms with Gasteiger partial charge >= 0.3 is 0 Å². The fourth-order valence-electron chi connectivity index (χ4n) is 8.71. The number of fused-ring (bicyclic) bond motifs is 5. The second kappa shape index (κ2) is 7.72. The molecule has 1 N–H and O–H groups in total. The lowest BCUT2D eigenvalue weighted by Crippen LogP contribution is -2.61. The van der Waals surface area contributed by atoms with E-state index >= 15 is 0 Å². The van der Waals surface area contributed by atoms with Crippen molar-refractivity contribution in [2.24, 2.45) is 52.3 Å². The van der Waals surface area contributed by atoms with Crippen molar-refractivity contribution in [2.45, 2.75) is 99.0 Å². The highest BCUT2D eigenvalue weighted by Crippen LogP contribution is 2.67. The minimum absolute atomic E-state index is 0.120. The Labute approximate surface area is 179 Å². The van der Waals surface area contributed by atoms with Crippen LogP contribution in [0.4, 0.5) is 0 Å². The summed E-state index contributed by atoms with van der Waals surface area (Å²) in [6.07, 6.45) is 15.1. The van der Waals surface area contributed by atoms with Crippen LogP contribution in [0.1, 0.15) is 92.9 Å². The molecule has 2 nitrogen and oxygen atoms in total. The number of amides is 1. The molecule has 7 unspecified atom stereocenters. The SMILES string of the molecule is CC(C)CCCC(C)C1CCC2C3C(CCC12C)[C@@]1(C)C=CC(=O)NC1C[C@@H]3C. The molecule has 0 bridgehead atoms. The average molecular weight is 400 g/mol.